The SMILES string of the molecule is CCOc1c(/C(C)=C/C(=O)Nc2cccc(C)n2)cc2c(-c3ccc(Cl)cc3)coc2c1C. The van der Waals surface area contributed by atoms with Crippen molar-refractivity contribution in [2.24, 2.45) is 0 Å². The Labute approximate surface area is 198 Å². The number of carbonyl (C=O) groups excluding carboxylic acids is 1. The highest BCUT2D eigenvalue weighted by Gasteiger charge is 2.19. The van der Waals surface area contributed by atoms with Gasteiger partial charge in [0.15, 0.2) is 0 Å². The summed E-state index contributed by atoms with van der Waals surface area (Å²) < 4.78 is 11.9. The second-order valence-corrected chi connectivity index (χ2v) is 8.26. The predicted molar refractivity (Wildman–Crippen MR) is 134 cm³/mol. The van der Waals surface area contributed by atoms with Crippen LogP contribution in [0.1, 0.15) is 30.7 Å². The zero-order chi connectivity index (χ0) is 23.5. The van der Waals surface area contributed by atoms with E-state index in [1.165, 1.54) is 0 Å². The van der Waals surface area contributed by atoms with Crippen LogP contribution in [0, 0.1) is 13.8 Å². The minimum Gasteiger partial charge on any atom is -0.493 e. The van der Waals surface area contributed by atoms with E-state index < -0.39 is 0 Å². The Balaban J connectivity index is 1.78. The maximum absolute atomic E-state index is 12.7. The highest BCUT2D eigenvalue weighted by atomic mass is 35.5. The Kier molecular flexibility index (Phi) is 6.52. The molecule has 4 rings (SSSR count). The molecule has 1 amide bonds. The fourth-order valence-corrected chi connectivity index (χ4v) is 3.97. The third kappa shape index (κ3) is 4.78. The lowest BCUT2D eigenvalue weighted by atomic mass is 9.96. The van der Waals surface area contributed by atoms with Crippen LogP contribution >= 0.6 is 11.6 Å². The Morgan fingerprint density at radius 3 is 2.64 bits per heavy atom. The topological polar surface area (TPSA) is 64.4 Å². The summed E-state index contributed by atoms with van der Waals surface area (Å²) in [4.78, 5) is 17.0. The van der Waals surface area contributed by atoms with E-state index in [4.69, 9.17) is 20.8 Å². The van der Waals surface area contributed by atoms with Gasteiger partial charge in [-0.1, -0.05) is 29.8 Å². The highest BCUT2D eigenvalue weighted by molar-refractivity contribution is 6.30. The first kappa shape index (κ1) is 22.6. The van der Waals surface area contributed by atoms with Gasteiger partial charge in [0.1, 0.15) is 17.2 Å². The lowest BCUT2D eigenvalue weighted by Crippen LogP contribution is -2.10. The third-order valence-corrected chi connectivity index (χ3v) is 5.65. The van der Waals surface area contributed by atoms with Gasteiger partial charge in [-0.05, 0) is 69.2 Å². The van der Waals surface area contributed by atoms with Gasteiger partial charge < -0.3 is 14.5 Å². The van der Waals surface area contributed by atoms with Gasteiger partial charge >= 0.3 is 0 Å². The number of carbonyl (C=O) groups is 1. The number of nitrogens with one attached hydrogen (secondary N) is 1. The molecule has 5 nitrogen and oxygen atoms in total. The normalized spacial score (nSPS) is 11.6. The van der Waals surface area contributed by atoms with Crippen molar-refractivity contribution in [3.63, 3.8) is 0 Å². The van der Waals surface area contributed by atoms with Crippen molar-refractivity contribution in [1.29, 1.82) is 0 Å². The number of benzene rings is 2. The molecule has 6 heteroatoms. The molecule has 0 aliphatic carbocycles. The molecular weight excluding hydrogens is 436 g/mol. The Hall–Kier alpha value is -3.57. The second kappa shape index (κ2) is 9.51. The smallest absolute Gasteiger partial charge is 0.249 e. The maximum Gasteiger partial charge on any atom is 0.249 e. The number of furan rings is 1. The van der Waals surface area contributed by atoms with Crippen LogP contribution in [0.4, 0.5) is 5.82 Å². The van der Waals surface area contributed by atoms with Gasteiger partial charge in [-0.2, -0.15) is 0 Å². The molecule has 0 spiro atoms. The first-order valence-corrected chi connectivity index (χ1v) is 11.1. The number of hydrogen-bond acceptors (Lipinski definition) is 4. The van der Waals surface area contributed by atoms with Crippen LogP contribution < -0.4 is 10.1 Å². The summed E-state index contributed by atoms with van der Waals surface area (Å²) in [5, 5.41) is 4.45. The molecule has 0 aliphatic rings. The van der Waals surface area contributed by atoms with E-state index in [9.17, 15) is 4.79 Å². The summed E-state index contributed by atoms with van der Waals surface area (Å²) in [6.45, 7) is 8.18. The van der Waals surface area contributed by atoms with Crippen molar-refractivity contribution in [1.82, 2.24) is 4.98 Å². The van der Waals surface area contributed by atoms with Crippen LogP contribution in [0.25, 0.3) is 27.7 Å². The van der Waals surface area contributed by atoms with E-state index >= 15 is 0 Å². The molecule has 0 unspecified atom stereocenters. The van der Waals surface area contributed by atoms with Crippen LogP contribution in [0.2, 0.25) is 5.02 Å². The molecule has 0 saturated carbocycles. The molecule has 0 bridgehead atoms. The maximum atomic E-state index is 12.7. The molecule has 0 saturated heterocycles. The quantitative estimate of drug-likeness (QED) is 0.309. The van der Waals surface area contributed by atoms with Crippen LogP contribution in [0.3, 0.4) is 0 Å². The van der Waals surface area contributed by atoms with Crippen LogP contribution in [0.15, 0.2) is 65.3 Å². The van der Waals surface area contributed by atoms with Gasteiger partial charge in [0.2, 0.25) is 5.91 Å². The fourth-order valence-electron chi connectivity index (χ4n) is 3.84. The molecule has 0 atom stereocenters. The summed E-state index contributed by atoms with van der Waals surface area (Å²) in [6, 6.07) is 15.2. The average molecular weight is 461 g/mol. The highest BCUT2D eigenvalue weighted by Crippen LogP contribution is 2.41. The lowest BCUT2D eigenvalue weighted by Gasteiger charge is -2.15. The number of hydrogen-bond donors (Lipinski definition) is 1. The molecule has 4 aromatic rings. The number of rotatable bonds is 6. The molecule has 2 aromatic heterocycles. The molecule has 2 heterocycles. The van der Waals surface area contributed by atoms with E-state index in [1.807, 2.05) is 70.2 Å². The molecule has 1 N–H and O–H groups in total. The summed E-state index contributed by atoms with van der Waals surface area (Å²) in [6.07, 6.45) is 3.31. The fraction of sp³-hybridized carbons (Fsp3) is 0.185. The predicted octanol–water partition coefficient (Wildman–Crippen LogP) is 7.21. The standard InChI is InChI=1S/C27H25ClN2O3/c1-5-32-26-18(4)27-22(23(15-33-27)19-9-11-20(28)12-10-19)14-21(26)16(2)13-25(31)30-24-8-6-7-17(3)29-24/h6-15H,5H2,1-4H3,(H,29,30,31)/b16-13+. The number of aryl methyl sites for hydroxylation is 2. The molecule has 2 aromatic carbocycles. The van der Waals surface area contributed by atoms with Gasteiger partial charge in [-0.3, -0.25) is 4.79 Å². The Bertz CT molecular complexity index is 1350. The zero-order valence-electron chi connectivity index (χ0n) is 19.0. The number of allylic oxidation sites excluding steroid dienone is 1. The van der Waals surface area contributed by atoms with Gasteiger partial charge in [0.25, 0.3) is 0 Å². The third-order valence-electron chi connectivity index (χ3n) is 5.40. The number of nitrogens with zero attached hydrogens (tertiary/aromatic N) is 1. The van der Waals surface area contributed by atoms with Crippen LogP contribution in [-0.2, 0) is 4.79 Å². The first-order chi connectivity index (χ1) is 15.9. The number of aromatic nitrogens is 1. The molecular formula is C27H25ClN2O3. The number of anilines is 1. The molecule has 0 fully saturated rings. The van der Waals surface area contributed by atoms with Crippen LogP contribution in [-0.4, -0.2) is 17.5 Å². The van der Waals surface area contributed by atoms with E-state index in [-0.39, 0.29) is 5.91 Å². The lowest BCUT2D eigenvalue weighted by molar-refractivity contribution is -0.111. The molecule has 0 radical (unpaired) electrons. The first-order valence-electron chi connectivity index (χ1n) is 10.7. The van der Waals surface area contributed by atoms with E-state index in [0.717, 1.165) is 44.5 Å². The summed E-state index contributed by atoms with van der Waals surface area (Å²) >= 11 is 6.06. The largest absolute Gasteiger partial charge is 0.493 e. The van der Waals surface area contributed by atoms with Gasteiger partial charge in [-0.15, -0.1) is 0 Å². The number of ether oxygens (including phenoxy) is 1. The van der Waals surface area contributed by atoms with E-state index in [2.05, 4.69) is 10.3 Å². The van der Waals surface area contributed by atoms with Crippen molar-refractivity contribution in [2.75, 3.05) is 11.9 Å². The second-order valence-electron chi connectivity index (χ2n) is 7.83. The van der Waals surface area contributed by atoms with Crippen molar-refractivity contribution in [2.45, 2.75) is 27.7 Å². The van der Waals surface area contributed by atoms with Crippen molar-refractivity contribution >= 4 is 39.9 Å². The minimum atomic E-state index is -0.254. The molecule has 168 valence electrons. The minimum absolute atomic E-state index is 0.254. The van der Waals surface area contributed by atoms with Crippen molar-refractivity contribution in [3.05, 3.63) is 82.7 Å². The van der Waals surface area contributed by atoms with Crippen molar-refractivity contribution < 1.29 is 13.9 Å². The number of halogens is 1. The number of pyridine rings is 1. The van der Waals surface area contributed by atoms with E-state index in [0.29, 0.717) is 23.2 Å². The summed E-state index contributed by atoms with van der Waals surface area (Å²) in [7, 11) is 0. The Morgan fingerprint density at radius 1 is 1.18 bits per heavy atom. The molecule has 0 aliphatic heterocycles. The average Bonchev–Trinajstić information content (AvgIpc) is 3.20. The van der Waals surface area contributed by atoms with Gasteiger partial charge in [0, 0.05) is 38.9 Å². The summed E-state index contributed by atoms with van der Waals surface area (Å²) in [5.74, 6) is 0.966. The van der Waals surface area contributed by atoms with Crippen molar-refractivity contribution in [3.8, 4) is 16.9 Å². The van der Waals surface area contributed by atoms with E-state index in [1.54, 1.807) is 18.4 Å². The van der Waals surface area contributed by atoms with Gasteiger partial charge in [-0.25, -0.2) is 4.98 Å². The monoisotopic (exact) mass is 460 g/mol. The van der Waals surface area contributed by atoms with Crippen LogP contribution in [0.5, 0.6) is 5.75 Å². The Morgan fingerprint density at radius 2 is 1.94 bits per heavy atom. The molecule has 33 heavy (non-hydrogen) atoms. The number of amides is 1. The summed E-state index contributed by atoms with van der Waals surface area (Å²) in [5.41, 5.74) is 6.05. The van der Waals surface area contributed by atoms with Gasteiger partial charge in [0.05, 0.1) is 12.9 Å². The zero-order valence-corrected chi connectivity index (χ0v) is 19.8. The number of fused-ring (bicyclic) bond motifs is 1.